The first-order chi connectivity index (χ1) is 19.5. The maximum atomic E-state index is 13.4. The molecule has 2 aliphatic rings. The van der Waals surface area contributed by atoms with Gasteiger partial charge in [0.05, 0.1) is 6.54 Å². The van der Waals surface area contributed by atoms with Crippen molar-refractivity contribution in [3.05, 3.63) is 17.0 Å². The van der Waals surface area contributed by atoms with E-state index in [1.807, 2.05) is 4.68 Å². The molecule has 12 nitrogen and oxygen atoms in total. The van der Waals surface area contributed by atoms with Gasteiger partial charge in [0.15, 0.2) is 5.69 Å². The van der Waals surface area contributed by atoms with Crippen molar-refractivity contribution >= 4 is 23.6 Å². The van der Waals surface area contributed by atoms with Gasteiger partial charge in [-0.3, -0.25) is 23.9 Å². The molecule has 1 atom stereocenters. The van der Waals surface area contributed by atoms with Crippen LogP contribution in [0.15, 0.2) is 0 Å². The zero-order chi connectivity index (χ0) is 30.2. The van der Waals surface area contributed by atoms with Gasteiger partial charge in [0, 0.05) is 70.2 Å². The number of methoxy groups -OCH3 is 1. The lowest BCUT2D eigenvalue weighted by Gasteiger charge is -2.31. The molecule has 0 radical (unpaired) electrons. The topological polar surface area (TPSA) is 146 Å². The van der Waals surface area contributed by atoms with E-state index in [1.54, 1.807) is 18.7 Å². The monoisotopic (exact) mass is 576 g/mol. The maximum absolute atomic E-state index is 13.4. The van der Waals surface area contributed by atoms with E-state index in [2.05, 4.69) is 24.5 Å². The van der Waals surface area contributed by atoms with Crippen molar-refractivity contribution in [2.24, 2.45) is 5.92 Å². The zero-order valence-electron chi connectivity index (χ0n) is 25.3. The molecule has 12 heteroatoms. The molecular formula is C29H48N6O6. The lowest BCUT2D eigenvalue weighted by atomic mass is 9.91. The van der Waals surface area contributed by atoms with Crippen molar-refractivity contribution < 1.29 is 29.0 Å². The van der Waals surface area contributed by atoms with Gasteiger partial charge in [-0.1, -0.05) is 13.8 Å². The smallest absolute Gasteiger partial charge is 0.272 e. The molecule has 1 aliphatic heterocycles. The summed E-state index contributed by atoms with van der Waals surface area (Å²) < 4.78 is 7.34. The number of carbonyl (C=O) groups is 4. The van der Waals surface area contributed by atoms with E-state index in [1.165, 1.54) is 12.0 Å². The van der Waals surface area contributed by atoms with Crippen LogP contribution in [0.4, 0.5) is 0 Å². The fourth-order valence-corrected chi connectivity index (χ4v) is 5.31. The van der Waals surface area contributed by atoms with Crippen LogP contribution in [0.5, 0.6) is 0 Å². The lowest BCUT2D eigenvalue weighted by Crippen LogP contribution is -2.49. The first-order valence-corrected chi connectivity index (χ1v) is 14.9. The number of aliphatic hydroxyl groups is 1. The van der Waals surface area contributed by atoms with Gasteiger partial charge >= 0.3 is 0 Å². The van der Waals surface area contributed by atoms with Crippen molar-refractivity contribution in [1.29, 1.82) is 0 Å². The summed E-state index contributed by atoms with van der Waals surface area (Å²) in [5.41, 5.74) is 1.16. The summed E-state index contributed by atoms with van der Waals surface area (Å²) in [6, 6.07) is -0.181. The molecule has 2 bridgehead atoms. The number of ether oxygens (including phenoxy) is 1. The van der Waals surface area contributed by atoms with E-state index in [9.17, 15) is 24.3 Å². The zero-order valence-corrected chi connectivity index (χ0v) is 25.3. The van der Waals surface area contributed by atoms with Crippen LogP contribution in [0, 0.1) is 5.92 Å². The van der Waals surface area contributed by atoms with Crippen LogP contribution in [0.1, 0.15) is 81.5 Å². The summed E-state index contributed by atoms with van der Waals surface area (Å²) >= 11 is 0. The van der Waals surface area contributed by atoms with Gasteiger partial charge < -0.3 is 30.3 Å². The highest BCUT2D eigenvalue weighted by Crippen LogP contribution is 2.26. The molecule has 0 fully saturated rings. The van der Waals surface area contributed by atoms with Crippen LogP contribution in [0.3, 0.4) is 0 Å². The molecule has 1 aliphatic carbocycles. The first kappa shape index (κ1) is 32.5. The molecule has 2 heterocycles. The predicted octanol–water partition coefficient (Wildman–Crippen LogP) is 0.891. The van der Waals surface area contributed by atoms with E-state index < -0.39 is 5.60 Å². The SMILES string of the molecule is COC(C)(C)C(=O)N1CCCC(=O)N(CCCO)CC(=O)NC2CCc3c(c(nn3CCC(C)C)C(=O)NCC1)C2. The van der Waals surface area contributed by atoms with Crippen molar-refractivity contribution in [2.45, 2.75) is 90.8 Å². The summed E-state index contributed by atoms with van der Waals surface area (Å²) in [7, 11) is 1.47. The number of hydrogen-bond donors (Lipinski definition) is 3. The molecule has 1 unspecified atom stereocenters. The summed E-state index contributed by atoms with van der Waals surface area (Å²) in [5.74, 6) is -0.535. The number of nitrogens with zero attached hydrogens (tertiary/aromatic N) is 4. The maximum Gasteiger partial charge on any atom is 0.272 e. The van der Waals surface area contributed by atoms with E-state index in [0.717, 1.165) is 17.7 Å². The molecule has 0 saturated carbocycles. The minimum atomic E-state index is -1.07. The van der Waals surface area contributed by atoms with Gasteiger partial charge in [-0.15, -0.1) is 0 Å². The molecule has 1 aromatic rings. The van der Waals surface area contributed by atoms with Crippen molar-refractivity contribution in [3.63, 3.8) is 0 Å². The predicted molar refractivity (Wildman–Crippen MR) is 153 cm³/mol. The number of hydrogen-bond acceptors (Lipinski definition) is 7. The van der Waals surface area contributed by atoms with Gasteiger partial charge in [0.25, 0.3) is 11.8 Å². The first-order valence-electron chi connectivity index (χ1n) is 14.9. The Labute approximate surface area is 243 Å². The Morgan fingerprint density at radius 1 is 1.17 bits per heavy atom. The second kappa shape index (κ2) is 14.8. The Kier molecular flexibility index (Phi) is 11.7. The number of aryl methyl sites for hydroxylation is 1. The van der Waals surface area contributed by atoms with E-state index in [4.69, 9.17) is 9.84 Å². The third kappa shape index (κ3) is 8.75. The average molecular weight is 577 g/mol. The van der Waals surface area contributed by atoms with Crippen LogP contribution in [-0.4, -0.2) is 106 Å². The average Bonchev–Trinajstić information content (AvgIpc) is 3.30. The number of carbonyl (C=O) groups excluding carboxylic acids is 4. The van der Waals surface area contributed by atoms with E-state index >= 15 is 0 Å². The van der Waals surface area contributed by atoms with Crippen LogP contribution in [0.25, 0.3) is 0 Å². The van der Waals surface area contributed by atoms with Crippen molar-refractivity contribution in [2.75, 3.05) is 46.4 Å². The lowest BCUT2D eigenvalue weighted by molar-refractivity contribution is -0.151. The minimum absolute atomic E-state index is 0.0875. The number of amides is 4. The number of rotatable bonds is 8. The van der Waals surface area contributed by atoms with Gasteiger partial charge in [0.1, 0.15) is 5.60 Å². The Morgan fingerprint density at radius 3 is 2.61 bits per heavy atom. The molecular weight excluding hydrogens is 528 g/mol. The largest absolute Gasteiger partial charge is 0.396 e. The fraction of sp³-hybridized carbons (Fsp3) is 0.759. The number of aromatic nitrogens is 2. The Bertz CT molecular complexity index is 1080. The molecule has 0 aromatic carbocycles. The number of nitrogens with one attached hydrogen (secondary N) is 2. The van der Waals surface area contributed by atoms with Crippen molar-refractivity contribution in [3.8, 4) is 0 Å². The van der Waals surface area contributed by atoms with Crippen molar-refractivity contribution in [1.82, 2.24) is 30.2 Å². The third-order valence-corrected chi connectivity index (χ3v) is 7.92. The van der Waals surface area contributed by atoms with Gasteiger partial charge in [0.2, 0.25) is 11.8 Å². The Morgan fingerprint density at radius 2 is 1.93 bits per heavy atom. The van der Waals surface area contributed by atoms with Gasteiger partial charge in [-0.25, -0.2) is 0 Å². The molecule has 0 saturated heterocycles. The molecule has 3 rings (SSSR count). The third-order valence-electron chi connectivity index (χ3n) is 7.92. The van der Waals surface area contributed by atoms with Crippen LogP contribution < -0.4 is 10.6 Å². The minimum Gasteiger partial charge on any atom is -0.396 e. The second-order valence-electron chi connectivity index (χ2n) is 11.9. The summed E-state index contributed by atoms with van der Waals surface area (Å²) in [6.07, 6.45) is 3.69. The van der Waals surface area contributed by atoms with Gasteiger partial charge in [-0.2, -0.15) is 5.10 Å². The van der Waals surface area contributed by atoms with Gasteiger partial charge in [-0.05, 0) is 58.3 Å². The second-order valence-corrected chi connectivity index (χ2v) is 11.9. The Hall–Kier alpha value is -2.99. The van der Waals surface area contributed by atoms with Crippen LogP contribution in [-0.2, 0) is 38.5 Å². The molecule has 41 heavy (non-hydrogen) atoms. The Balaban J connectivity index is 1.91. The fourth-order valence-electron chi connectivity index (χ4n) is 5.31. The summed E-state index contributed by atoms with van der Waals surface area (Å²) in [6.45, 7) is 9.20. The highest BCUT2D eigenvalue weighted by Gasteiger charge is 2.33. The standard InChI is InChI=1S/C29H48N6O6/c1-20(2)11-15-35-23-10-9-21-18-22(23)26(32-35)27(39)30-12-16-33(28(40)29(3,4)41-5)13-6-8-25(38)34(14-7-17-36)19-24(37)31-21/h20-21,36H,6-19H2,1-5H3,(H,30,39)(H,31,37). The highest BCUT2D eigenvalue weighted by molar-refractivity contribution is 5.94. The highest BCUT2D eigenvalue weighted by atomic mass is 16.5. The molecule has 0 spiro atoms. The van der Waals surface area contributed by atoms with E-state index in [-0.39, 0.29) is 75.4 Å². The molecule has 230 valence electrons. The quantitative estimate of drug-likeness (QED) is 0.417. The molecule has 3 N–H and O–H groups in total. The normalized spacial score (nSPS) is 19.7. The number of fused-ring (bicyclic) bond motifs is 1. The van der Waals surface area contributed by atoms with Crippen LogP contribution >= 0.6 is 0 Å². The summed E-state index contributed by atoms with van der Waals surface area (Å²) in [5, 5.41) is 20.1. The van der Waals surface area contributed by atoms with Crippen LogP contribution in [0.2, 0.25) is 0 Å². The van der Waals surface area contributed by atoms with E-state index in [0.29, 0.717) is 50.3 Å². The molecule has 4 amide bonds. The summed E-state index contributed by atoms with van der Waals surface area (Å²) in [4.78, 5) is 55.9. The number of aliphatic hydroxyl groups excluding tert-OH is 1. The molecule has 1 aromatic heterocycles.